The van der Waals surface area contributed by atoms with E-state index in [0.29, 0.717) is 11.1 Å². The molecule has 0 fully saturated rings. The predicted molar refractivity (Wildman–Crippen MR) is 158 cm³/mol. The summed E-state index contributed by atoms with van der Waals surface area (Å²) in [6.45, 7) is 11.2. The number of thiophene rings is 2. The van der Waals surface area contributed by atoms with E-state index in [1.165, 1.54) is 34.0 Å². The molecule has 2 aromatic carbocycles. The fourth-order valence-electron chi connectivity index (χ4n) is 2.89. The van der Waals surface area contributed by atoms with Crippen molar-refractivity contribution in [3.05, 3.63) is 105 Å². The Bertz CT molecular complexity index is 1240. The first-order chi connectivity index (χ1) is 18.0. The molecule has 0 amide bonds. The molecule has 0 bridgehead atoms. The first-order valence-electron chi connectivity index (χ1n) is 11.8. The number of aromatic hydroxyl groups is 4. The molecule has 3 aromatic heterocycles. The van der Waals surface area contributed by atoms with Crippen LogP contribution in [0, 0.1) is 41.5 Å². The molecule has 0 saturated heterocycles. The van der Waals surface area contributed by atoms with Crippen LogP contribution in [0.4, 0.5) is 0 Å². The molecule has 3 heterocycles. The summed E-state index contributed by atoms with van der Waals surface area (Å²) in [5.41, 5.74) is 5.17. The van der Waals surface area contributed by atoms with Crippen molar-refractivity contribution in [2.75, 3.05) is 0 Å². The largest absolute Gasteiger partial charge is 0.508 e. The molecule has 0 saturated carbocycles. The molecule has 38 heavy (non-hydrogen) atoms. The number of nitrogens with zero attached hydrogens (tertiary/aromatic N) is 2. The van der Waals surface area contributed by atoms with Gasteiger partial charge in [0.2, 0.25) is 0 Å². The van der Waals surface area contributed by atoms with Crippen molar-refractivity contribution in [1.29, 1.82) is 0 Å². The van der Waals surface area contributed by atoms with Crippen LogP contribution in [0.5, 0.6) is 23.0 Å². The maximum atomic E-state index is 8.94. The highest BCUT2D eigenvalue weighted by atomic mass is 32.1. The van der Waals surface area contributed by atoms with Gasteiger partial charge in [0.05, 0.1) is 22.8 Å². The number of aryl methyl sites for hydroxylation is 4. The number of hydrogen-bond acceptors (Lipinski definition) is 8. The predicted octanol–water partition coefficient (Wildman–Crippen LogP) is 8.00. The van der Waals surface area contributed by atoms with Gasteiger partial charge >= 0.3 is 0 Å². The molecule has 6 nitrogen and oxygen atoms in total. The normalized spacial score (nSPS) is 9.74. The third-order valence-electron chi connectivity index (χ3n) is 5.56. The first kappa shape index (κ1) is 30.3. The Morgan fingerprint density at radius 1 is 0.447 bits per heavy atom. The second-order valence-electron chi connectivity index (χ2n) is 8.36. The minimum Gasteiger partial charge on any atom is -0.508 e. The van der Waals surface area contributed by atoms with Crippen molar-refractivity contribution in [3.8, 4) is 32.8 Å². The molecule has 0 unspecified atom stereocenters. The molecule has 5 rings (SSSR count). The van der Waals surface area contributed by atoms with E-state index in [2.05, 4.69) is 45.0 Å². The Morgan fingerprint density at radius 2 is 0.737 bits per heavy atom. The standard InChI is InChI=1S/C8H12N2.C8H6S2.2C7H8O2/c1-5-6(2)10-8(4)7(3)9-5;1-3-7(9-5-1)8-4-2-6-10-8;2*1-5-6(8)3-2-4-7(5)9/h1-4H3;1-6H;2*2-4,8-9H,1H3. The van der Waals surface area contributed by atoms with Gasteiger partial charge in [-0.1, -0.05) is 24.3 Å². The zero-order valence-electron chi connectivity index (χ0n) is 22.4. The Hall–Kier alpha value is -3.88. The monoisotopic (exact) mass is 550 g/mol. The first-order valence-corrected chi connectivity index (χ1v) is 13.6. The van der Waals surface area contributed by atoms with E-state index in [9.17, 15) is 0 Å². The summed E-state index contributed by atoms with van der Waals surface area (Å²) in [5, 5.41) is 40.0. The van der Waals surface area contributed by atoms with Gasteiger partial charge in [-0.05, 0) is 88.7 Å². The molecule has 4 N–H and O–H groups in total. The lowest BCUT2D eigenvalue weighted by Crippen LogP contribution is -1.97. The third kappa shape index (κ3) is 9.21. The molecule has 0 atom stereocenters. The van der Waals surface area contributed by atoms with Gasteiger partial charge in [-0.2, -0.15) is 0 Å². The second-order valence-corrected chi connectivity index (χ2v) is 10.3. The Labute approximate surface area is 232 Å². The van der Waals surface area contributed by atoms with E-state index in [1.54, 1.807) is 48.7 Å². The Balaban J connectivity index is 0.000000178. The van der Waals surface area contributed by atoms with Crippen LogP contribution >= 0.6 is 22.7 Å². The number of aromatic nitrogens is 2. The molecule has 8 heteroatoms. The molecule has 5 aromatic rings. The van der Waals surface area contributed by atoms with E-state index in [0.717, 1.165) is 22.8 Å². The summed E-state index contributed by atoms with van der Waals surface area (Å²) < 4.78 is 0. The van der Waals surface area contributed by atoms with Crippen LogP contribution in [0.15, 0.2) is 71.4 Å². The summed E-state index contributed by atoms with van der Waals surface area (Å²) >= 11 is 3.58. The number of phenolic OH excluding ortho intramolecular Hbond substituents is 4. The quantitative estimate of drug-likeness (QED) is 0.168. The van der Waals surface area contributed by atoms with Gasteiger partial charge in [0.25, 0.3) is 0 Å². The topological polar surface area (TPSA) is 107 Å². The molecule has 0 aliphatic rings. The zero-order valence-corrected chi connectivity index (χ0v) is 24.1. The van der Waals surface area contributed by atoms with E-state index >= 15 is 0 Å². The molecule has 0 aliphatic carbocycles. The van der Waals surface area contributed by atoms with Crippen LogP contribution in [0.1, 0.15) is 33.9 Å². The van der Waals surface area contributed by atoms with Gasteiger partial charge in [0, 0.05) is 20.9 Å². The molecule has 200 valence electrons. The Morgan fingerprint density at radius 3 is 0.947 bits per heavy atom. The molecular formula is C30H34N2O4S2. The van der Waals surface area contributed by atoms with Crippen molar-refractivity contribution in [3.63, 3.8) is 0 Å². The van der Waals surface area contributed by atoms with Gasteiger partial charge in [-0.3, -0.25) is 9.97 Å². The van der Waals surface area contributed by atoms with Gasteiger partial charge < -0.3 is 20.4 Å². The lowest BCUT2D eigenvalue weighted by atomic mass is 10.2. The maximum absolute atomic E-state index is 8.94. The number of benzene rings is 2. The van der Waals surface area contributed by atoms with Crippen LogP contribution in [0.25, 0.3) is 9.75 Å². The average Bonchev–Trinajstić information content (AvgIpc) is 3.60. The highest BCUT2D eigenvalue weighted by Gasteiger charge is 2.00. The smallest absolute Gasteiger partial charge is 0.122 e. The van der Waals surface area contributed by atoms with E-state index in [4.69, 9.17) is 20.4 Å². The number of rotatable bonds is 1. The fraction of sp³-hybridized carbons (Fsp3) is 0.200. The van der Waals surface area contributed by atoms with Crippen LogP contribution in [0.2, 0.25) is 0 Å². The minimum atomic E-state index is 0.134. The fourth-order valence-corrected chi connectivity index (χ4v) is 4.47. The van der Waals surface area contributed by atoms with Gasteiger partial charge in [0.1, 0.15) is 23.0 Å². The SMILES string of the molecule is Cc1c(O)cccc1O.Cc1c(O)cccc1O.Cc1nc(C)c(C)nc1C.c1csc(-c2cccs2)c1. The van der Waals surface area contributed by atoms with Crippen molar-refractivity contribution in [2.45, 2.75) is 41.5 Å². The van der Waals surface area contributed by atoms with Crippen molar-refractivity contribution in [2.24, 2.45) is 0 Å². The van der Waals surface area contributed by atoms with Crippen LogP contribution in [-0.4, -0.2) is 30.4 Å². The maximum Gasteiger partial charge on any atom is 0.122 e. The lowest BCUT2D eigenvalue weighted by molar-refractivity contribution is 0.442. The van der Waals surface area contributed by atoms with Crippen LogP contribution in [0.3, 0.4) is 0 Å². The van der Waals surface area contributed by atoms with E-state index in [1.807, 2.05) is 27.7 Å². The summed E-state index contributed by atoms with van der Waals surface area (Å²) in [6, 6.07) is 17.8. The third-order valence-corrected chi connectivity index (χ3v) is 7.49. The number of hydrogen-bond donors (Lipinski definition) is 4. The summed E-state index contributed by atoms with van der Waals surface area (Å²) in [7, 11) is 0. The summed E-state index contributed by atoms with van der Waals surface area (Å²) in [6.07, 6.45) is 0. The van der Waals surface area contributed by atoms with Crippen molar-refractivity contribution in [1.82, 2.24) is 9.97 Å². The molecule has 0 spiro atoms. The van der Waals surface area contributed by atoms with E-state index < -0.39 is 0 Å². The second kappa shape index (κ2) is 14.8. The van der Waals surface area contributed by atoms with E-state index in [-0.39, 0.29) is 23.0 Å². The molecule has 0 radical (unpaired) electrons. The van der Waals surface area contributed by atoms with Gasteiger partial charge in [0.15, 0.2) is 0 Å². The average molecular weight is 551 g/mol. The molecule has 0 aliphatic heterocycles. The molecular weight excluding hydrogens is 516 g/mol. The lowest BCUT2D eigenvalue weighted by Gasteiger charge is -2.01. The van der Waals surface area contributed by atoms with Gasteiger partial charge in [-0.25, -0.2) is 0 Å². The van der Waals surface area contributed by atoms with Gasteiger partial charge in [-0.15, -0.1) is 22.7 Å². The summed E-state index contributed by atoms with van der Waals surface area (Å²) in [4.78, 5) is 11.4. The zero-order chi connectivity index (χ0) is 28.2. The highest BCUT2D eigenvalue weighted by molar-refractivity contribution is 7.20. The van der Waals surface area contributed by atoms with Crippen molar-refractivity contribution >= 4 is 22.7 Å². The summed E-state index contributed by atoms with van der Waals surface area (Å²) in [5.74, 6) is 0.537. The highest BCUT2D eigenvalue weighted by Crippen LogP contribution is 2.28. The number of phenols is 4. The van der Waals surface area contributed by atoms with Crippen LogP contribution in [-0.2, 0) is 0 Å². The minimum absolute atomic E-state index is 0.134. The van der Waals surface area contributed by atoms with Crippen molar-refractivity contribution < 1.29 is 20.4 Å². The van der Waals surface area contributed by atoms with Crippen LogP contribution < -0.4 is 0 Å². The Kier molecular flexibility index (Phi) is 11.8.